The summed E-state index contributed by atoms with van der Waals surface area (Å²) in [6.45, 7) is 5.95. The molecule has 0 amide bonds. The van der Waals surface area contributed by atoms with E-state index in [0.717, 1.165) is 51.0 Å². The zero-order valence-corrected chi connectivity index (χ0v) is 9.80. The lowest BCUT2D eigenvalue weighted by Gasteiger charge is -2.38. The first kappa shape index (κ1) is 11.4. The van der Waals surface area contributed by atoms with Crippen molar-refractivity contribution in [3.63, 3.8) is 0 Å². The molecule has 88 valence electrons. The summed E-state index contributed by atoms with van der Waals surface area (Å²) in [7, 11) is 0. The Morgan fingerprint density at radius 2 is 2.07 bits per heavy atom. The van der Waals surface area contributed by atoms with Gasteiger partial charge in [0.2, 0.25) is 0 Å². The van der Waals surface area contributed by atoms with Gasteiger partial charge in [-0.2, -0.15) is 0 Å². The molecule has 2 aliphatic rings. The van der Waals surface area contributed by atoms with Crippen molar-refractivity contribution in [3.8, 4) is 0 Å². The smallest absolute Gasteiger partial charge is 0.0484 e. The lowest BCUT2D eigenvalue weighted by atomic mass is 9.89. The molecule has 3 heteroatoms. The van der Waals surface area contributed by atoms with Crippen molar-refractivity contribution in [2.45, 2.75) is 38.1 Å². The van der Waals surface area contributed by atoms with E-state index in [1.54, 1.807) is 0 Å². The molecule has 1 unspecified atom stereocenters. The molecule has 0 aromatic heterocycles. The van der Waals surface area contributed by atoms with Gasteiger partial charge in [0.25, 0.3) is 0 Å². The standard InChI is InChI=1S/C12H24N2O/c1-10(11-2-3-11)8-14-12(9-13)4-6-15-7-5-12/h10-11,14H,2-9,13H2,1H3. The summed E-state index contributed by atoms with van der Waals surface area (Å²) in [6.07, 6.45) is 5.00. The number of ether oxygens (including phenoxy) is 1. The molecule has 0 aromatic rings. The van der Waals surface area contributed by atoms with Crippen LogP contribution in [0.3, 0.4) is 0 Å². The van der Waals surface area contributed by atoms with Crippen LogP contribution in [-0.4, -0.2) is 31.8 Å². The molecule has 2 fully saturated rings. The van der Waals surface area contributed by atoms with Crippen LogP contribution in [0.2, 0.25) is 0 Å². The highest BCUT2D eigenvalue weighted by Gasteiger charge is 2.33. The molecule has 3 nitrogen and oxygen atoms in total. The van der Waals surface area contributed by atoms with Crippen LogP contribution in [0.4, 0.5) is 0 Å². The van der Waals surface area contributed by atoms with Crippen LogP contribution in [-0.2, 0) is 4.74 Å². The molecule has 0 bridgehead atoms. The molecule has 1 saturated heterocycles. The van der Waals surface area contributed by atoms with Gasteiger partial charge in [-0.25, -0.2) is 0 Å². The molecule has 1 aliphatic carbocycles. The minimum absolute atomic E-state index is 0.168. The van der Waals surface area contributed by atoms with Crippen molar-refractivity contribution in [1.29, 1.82) is 0 Å². The summed E-state index contributed by atoms with van der Waals surface area (Å²) in [6, 6.07) is 0. The third kappa shape index (κ3) is 2.92. The summed E-state index contributed by atoms with van der Waals surface area (Å²) in [4.78, 5) is 0. The van der Waals surface area contributed by atoms with Gasteiger partial charge in [-0.05, 0) is 44.1 Å². The van der Waals surface area contributed by atoms with E-state index in [0.29, 0.717) is 0 Å². The second-order valence-corrected chi connectivity index (χ2v) is 5.29. The van der Waals surface area contributed by atoms with Crippen LogP contribution in [0.25, 0.3) is 0 Å². The van der Waals surface area contributed by atoms with Gasteiger partial charge in [0.05, 0.1) is 0 Å². The van der Waals surface area contributed by atoms with Gasteiger partial charge < -0.3 is 15.8 Å². The van der Waals surface area contributed by atoms with Crippen molar-refractivity contribution in [1.82, 2.24) is 5.32 Å². The van der Waals surface area contributed by atoms with Gasteiger partial charge in [-0.1, -0.05) is 6.92 Å². The quantitative estimate of drug-likeness (QED) is 0.718. The average Bonchev–Trinajstić information content (AvgIpc) is 3.11. The highest BCUT2D eigenvalue weighted by molar-refractivity contribution is 4.92. The van der Waals surface area contributed by atoms with E-state index in [2.05, 4.69) is 12.2 Å². The van der Waals surface area contributed by atoms with Crippen LogP contribution in [0.15, 0.2) is 0 Å². The van der Waals surface area contributed by atoms with Gasteiger partial charge in [0, 0.05) is 25.3 Å². The Morgan fingerprint density at radius 3 is 2.60 bits per heavy atom. The number of hydrogen-bond donors (Lipinski definition) is 2. The van der Waals surface area contributed by atoms with Gasteiger partial charge in [0.15, 0.2) is 0 Å². The fraction of sp³-hybridized carbons (Fsp3) is 1.00. The molecule has 3 N–H and O–H groups in total. The molecular formula is C12H24N2O. The lowest BCUT2D eigenvalue weighted by molar-refractivity contribution is 0.0397. The minimum atomic E-state index is 0.168. The molecule has 1 aliphatic heterocycles. The van der Waals surface area contributed by atoms with Gasteiger partial charge in [-0.3, -0.25) is 0 Å². The first-order chi connectivity index (χ1) is 7.26. The maximum absolute atomic E-state index is 5.90. The summed E-state index contributed by atoms with van der Waals surface area (Å²) in [5.41, 5.74) is 6.07. The van der Waals surface area contributed by atoms with E-state index in [1.165, 1.54) is 12.8 Å². The van der Waals surface area contributed by atoms with Crippen LogP contribution in [0, 0.1) is 11.8 Å². The van der Waals surface area contributed by atoms with E-state index in [1.807, 2.05) is 0 Å². The molecule has 1 saturated carbocycles. The largest absolute Gasteiger partial charge is 0.381 e. The van der Waals surface area contributed by atoms with Crippen molar-refractivity contribution < 1.29 is 4.74 Å². The number of nitrogens with one attached hydrogen (secondary N) is 1. The Kier molecular flexibility index (Phi) is 3.65. The Hall–Kier alpha value is -0.120. The maximum Gasteiger partial charge on any atom is 0.0484 e. The van der Waals surface area contributed by atoms with E-state index in [4.69, 9.17) is 10.5 Å². The normalized spacial score (nSPS) is 27.6. The predicted molar refractivity (Wildman–Crippen MR) is 61.7 cm³/mol. The molecular weight excluding hydrogens is 188 g/mol. The summed E-state index contributed by atoms with van der Waals surface area (Å²) in [5, 5.41) is 3.70. The summed E-state index contributed by atoms with van der Waals surface area (Å²) >= 11 is 0. The molecule has 0 radical (unpaired) electrons. The fourth-order valence-corrected chi connectivity index (χ4v) is 2.42. The van der Waals surface area contributed by atoms with E-state index in [-0.39, 0.29) is 5.54 Å². The van der Waals surface area contributed by atoms with Crippen molar-refractivity contribution >= 4 is 0 Å². The van der Waals surface area contributed by atoms with Crippen molar-refractivity contribution in [3.05, 3.63) is 0 Å². The topological polar surface area (TPSA) is 47.3 Å². The SMILES string of the molecule is CC(CNC1(CN)CCOCC1)C1CC1. The number of hydrogen-bond acceptors (Lipinski definition) is 3. The third-order valence-electron chi connectivity index (χ3n) is 4.07. The van der Waals surface area contributed by atoms with E-state index >= 15 is 0 Å². The van der Waals surface area contributed by atoms with Gasteiger partial charge in [0.1, 0.15) is 0 Å². The summed E-state index contributed by atoms with van der Waals surface area (Å²) < 4.78 is 5.40. The first-order valence-corrected chi connectivity index (χ1v) is 6.29. The Bertz CT molecular complexity index is 198. The summed E-state index contributed by atoms with van der Waals surface area (Å²) in [5.74, 6) is 1.79. The third-order valence-corrected chi connectivity index (χ3v) is 4.07. The maximum atomic E-state index is 5.90. The monoisotopic (exact) mass is 212 g/mol. The highest BCUT2D eigenvalue weighted by atomic mass is 16.5. The molecule has 1 atom stereocenters. The van der Waals surface area contributed by atoms with E-state index < -0.39 is 0 Å². The average molecular weight is 212 g/mol. The Morgan fingerprint density at radius 1 is 1.40 bits per heavy atom. The lowest BCUT2D eigenvalue weighted by Crippen LogP contribution is -2.55. The molecule has 15 heavy (non-hydrogen) atoms. The van der Waals surface area contributed by atoms with Crippen molar-refractivity contribution in [2.24, 2.45) is 17.6 Å². The van der Waals surface area contributed by atoms with Crippen LogP contribution in [0.1, 0.15) is 32.6 Å². The zero-order valence-electron chi connectivity index (χ0n) is 9.80. The van der Waals surface area contributed by atoms with Gasteiger partial charge in [-0.15, -0.1) is 0 Å². The highest BCUT2D eigenvalue weighted by Crippen LogP contribution is 2.36. The molecule has 1 heterocycles. The first-order valence-electron chi connectivity index (χ1n) is 6.29. The number of nitrogens with two attached hydrogens (primary N) is 1. The Labute approximate surface area is 92.7 Å². The second kappa shape index (κ2) is 4.81. The predicted octanol–water partition coefficient (Wildman–Crippen LogP) is 1.13. The van der Waals surface area contributed by atoms with Gasteiger partial charge >= 0.3 is 0 Å². The van der Waals surface area contributed by atoms with Crippen molar-refractivity contribution in [2.75, 3.05) is 26.3 Å². The molecule has 0 aromatic carbocycles. The zero-order chi connectivity index (χ0) is 10.7. The fourth-order valence-electron chi connectivity index (χ4n) is 2.42. The number of rotatable bonds is 5. The second-order valence-electron chi connectivity index (χ2n) is 5.29. The van der Waals surface area contributed by atoms with Crippen LogP contribution < -0.4 is 11.1 Å². The Balaban J connectivity index is 1.78. The minimum Gasteiger partial charge on any atom is -0.381 e. The van der Waals surface area contributed by atoms with Crippen LogP contribution in [0.5, 0.6) is 0 Å². The molecule has 0 spiro atoms. The van der Waals surface area contributed by atoms with Crippen LogP contribution >= 0.6 is 0 Å². The van der Waals surface area contributed by atoms with E-state index in [9.17, 15) is 0 Å². The molecule has 2 rings (SSSR count).